The van der Waals surface area contributed by atoms with Gasteiger partial charge in [0.15, 0.2) is 0 Å². The van der Waals surface area contributed by atoms with E-state index in [1.807, 2.05) is 0 Å². The van der Waals surface area contributed by atoms with Crippen LogP contribution in [0.25, 0.3) is 0 Å². The fourth-order valence-corrected chi connectivity index (χ4v) is 5.82. The number of hydrogen-bond donors (Lipinski definition) is 1. The van der Waals surface area contributed by atoms with E-state index in [0.29, 0.717) is 21.7 Å². The maximum absolute atomic E-state index is 13.8. The Bertz CT molecular complexity index is 1320. The smallest absolute Gasteiger partial charge is 0.417 e. The van der Waals surface area contributed by atoms with Crippen molar-refractivity contribution in [2.24, 2.45) is 0 Å². The van der Waals surface area contributed by atoms with Gasteiger partial charge in [-0.1, -0.05) is 43.5 Å². The molecule has 13 heteroatoms. The van der Waals surface area contributed by atoms with Gasteiger partial charge in [-0.25, -0.2) is 8.42 Å². The highest BCUT2D eigenvalue weighted by atomic mass is 35.5. The summed E-state index contributed by atoms with van der Waals surface area (Å²) in [6.45, 7) is 0.849. The van der Waals surface area contributed by atoms with Crippen molar-refractivity contribution < 1.29 is 35.9 Å². The first-order chi connectivity index (χ1) is 18.7. The fraction of sp³-hybridized carbons (Fsp3) is 0.481. The van der Waals surface area contributed by atoms with E-state index in [2.05, 4.69) is 5.32 Å². The van der Waals surface area contributed by atoms with Crippen molar-refractivity contribution in [3.05, 3.63) is 58.6 Å². The number of methoxy groups -OCH3 is 1. The molecule has 2 amide bonds. The van der Waals surface area contributed by atoms with E-state index < -0.39 is 45.3 Å². The summed E-state index contributed by atoms with van der Waals surface area (Å²) in [5.41, 5.74) is -0.989. The number of sulfonamides is 1. The van der Waals surface area contributed by atoms with Crippen molar-refractivity contribution >= 4 is 39.1 Å². The van der Waals surface area contributed by atoms with E-state index >= 15 is 0 Å². The van der Waals surface area contributed by atoms with E-state index in [9.17, 15) is 31.2 Å². The lowest BCUT2D eigenvalue weighted by atomic mass is 10.1. The van der Waals surface area contributed by atoms with Crippen LogP contribution >= 0.6 is 11.6 Å². The number of nitrogens with zero attached hydrogens (tertiary/aromatic N) is 2. The molecule has 0 bridgehead atoms. The number of rotatable bonds is 11. The van der Waals surface area contributed by atoms with Gasteiger partial charge in [-0.15, -0.1) is 0 Å². The molecule has 3 rings (SSSR count). The molecule has 220 valence electrons. The normalized spacial score (nSPS) is 15.0. The Morgan fingerprint density at radius 3 is 2.40 bits per heavy atom. The van der Waals surface area contributed by atoms with Crippen LogP contribution in [0.2, 0.25) is 5.02 Å². The third-order valence-electron chi connectivity index (χ3n) is 6.80. The third-order valence-corrected chi connectivity index (χ3v) is 8.27. The number of alkyl halides is 3. The zero-order chi connectivity index (χ0) is 29.7. The fourth-order valence-electron chi connectivity index (χ4n) is 4.75. The van der Waals surface area contributed by atoms with Crippen LogP contribution in [0.1, 0.15) is 50.2 Å². The standard InChI is InChI=1S/C27H33ClF3N3O5S/c1-4-24(26(36)32-19-9-5-6-10-19)33(16-18-8-7-11-21(14-18)39-2)25(35)17-34(40(3,37)38)20-12-13-23(28)22(15-20)27(29,30)31/h7-8,11-15,19,24H,4-6,9-10,16-17H2,1-3H3,(H,32,36). The second kappa shape index (κ2) is 13.1. The summed E-state index contributed by atoms with van der Waals surface area (Å²) in [6, 6.07) is 8.50. The lowest BCUT2D eigenvalue weighted by molar-refractivity contribution is -0.140. The molecule has 8 nitrogen and oxygen atoms in total. The second-order valence-corrected chi connectivity index (χ2v) is 12.0. The van der Waals surface area contributed by atoms with Crippen molar-refractivity contribution in [2.75, 3.05) is 24.2 Å². The molecule has 2 aromatic rings. The van der Waals surface area contributed by atoms with Gasteiger partial charge in [-0.05, 0) is 55.2 Å². The number of nitrogens with one attached hydrogen (secondary N) is 1. The molecule has 1 atom stereocenters. The number of ether oxygens (including phenoxy) is 1. The first-order valence-electron chi connectivity index (χ1n) is 12.8. The number of amides is 2. The van der Waals surface area contributed by atoms with Gasteiger partial charge < -0.3 is 15.0 Å². The number of carbonyl (C=O) groups excluding carboxylic acids is 2. The summed E-state index contributed by atoms with van der Waals surface area (Å²) in [7, 11) is -2.74. The molecule has 1 aliphatic rings. The maximum Gasteiger partial charge on any atom is 0.417 e. The van der Waals surface area contributed by atoms with E-state index in [1.54, 1.807) is 31.2 Å². The third kappa shape index (κ3) is 8.03. The Morgan fingerprint density at radius 2 is 1.82 bits per heavy atom. The number of anilines is 1. The lowest BCUT2D eigenvalue weighted by Gasteiger charge is -2.33. The summed E-state index contributed by atoms with van der Waals surface area (Å²) >= 11 is 5.72. The average molecular weight is 604 g/mol. The molecule has 1 aliphatic carbocycles. The van der Waals surface area contributed by atoms with Crippen LogP contribution in [0.15, 0.2) is 42.5 Å². The SMILES string of the molecule is CCC(C(=O)NC1CCCC1)N(Cc1cccc(OC)c1)C(=O)CN(c1ccc(Cl)c(C(F)(F)F)c1)S(C)(=O)=O. The summed E-state index contributed by atoms with van der Waals surface area (Å²) in [5, 5.41) is 2.38. The Hall–Kier alpha value is -2.99. The topological polar surface area (TPSA) is 96.0 Å². The molecular weight excluding hydrogens is 571 g/mol. The summed E-state index contributed by atoms with van der Waals surface area (Å²) in [5.74, 6) is -0.612. The molecule has 40 heavy (non-hydrogen) atoms. The maximum atomic E-state index is 13.8. The summed E-state index contributed by atoms with van der Waals surface area (Å²) in [4.78, 5) is 28.4. The van der Waals surface area contributed by atoms with E-state index in [0.717, 1.165) is 44.1 Å². The molecule has 0 spiro atoms. The van der Waals surface area contributed by atoms with Crippen molar-refractivity contribution in [1.29, 1.82) is 0 Å². The van der Waals surface area contributed by atoms with Crippen LogP contribution < -0.4 is 14.4 Å². The molecule has 2 aromatic carbocycles. The van der Waals surface area contributed by atoms with Crippen LogP contribution in [0.5, 0.6) is 5.75 Å². The van der Waals surface area contributed by atoms with Gasteiger partial charge in [0, 0.05) is 12.6 Å². The summed E-state index contributed by atoms with van der Waals surface area (Å²) < 4.78 is 71.8. The van der Waals surface area contributed by atoms with Crippen LogP contribution in [0, 0.1) is 0 Å². The molecule has 1 fully saturated rings. The molecule has 1 saturated carbocycles. The van der Waals surface area contributed by atoms with Gasteiger partial charge >= 0.3 is 6.18 Å². The van der Waals surface area contributed by atoms with Crippen LogP contribution in [0.3, 0.4) is 0 Å². The Morgan fingerprint density at radius 1 is 1.15 bits per heavy atom. The summed E-state index contributed by atoms with van der Waals surface area (Å²) in [6.07, 6.45) is -0.204. The minimum absolute atomic E-state index is 0.0160. The monoisotopic (exact) mass is 603 g/mol. The predicted octanol–water partition coefficient (Wildman–Crippen LogP) is 5.00. The van der Waals surface area contributed by atoms with E-state index in [1.165, 1.54) is 12.0 Å². The van der Waals surface area contributed by atoms with E-state index in [4.69, 9.17) is 16.3 Å². The Balaban J connectivity index is 1.99. The second-order valence-electron chi connectivity index (χ2n) is 9.72. The quantitative estimate of drug-likeness (QED) is 0.390. The van der Waals surface area contributed by atoms with Crippen LogP contribution in [-0.2, 0) is 32.3 Å². The van der Waals surface area contributed by atoms with E-state index in [-0.39, 0.29) is 30.6 Å². The first-order valence-corrected chi connectivity index (χ1v) is 15.0. The first kappa shape index (κ1) is 31.5. The van der Waals surface area contributed by atoms with Crippen molar-refractivity contribution in [3.8, 4) is 5.75 Å². The van der Waals surface area contributed by atoms with Crippen molar-refractivity contribution in [2.45, 2.75) is 63.8 Å². The highest BCUT2D eigenvalue weighted by Crippen LogP contribution is 2.37. The molecule has 0 aliphatic heterocycles. The number of hydrogen-bond acceptors (Lipinski definition) is 5. The minimum Gasteiger partial charge on any atom is -0.497 e. The van der Waals surface area contributed by atoms with Crippen LogP contribution in [0.4, 0.5) is 18.9 Å². The average Bonchev–Trinajstić information content (AvgIpc) is 3.39. The van der Waals surface area contributed by atoms with Gasteiger partial charge in [0.1, 0.15) is 18.3 Å². The van der Waals surface area contributed by atoms with Gasteiger partial charge in [0.2, 0.25) is 21.8 Å². The highest BCUT2D eigenvalue weighted by Gasteiger charge is 2.36. The molecule has 0 saturated heterocycles. The predicted molar refractivity (Wildman–Crippen MR) is 147 cm³/mol. The number of halogens is 4. The lowest BCUT2D eigenvalue weighted by Crippen LogP contribution is -2.53. The largest absolute Gasteiger partial charge is 0.497 e. The zero-order valence-electron chi connectivity index (χ0n) is 22.5. The highest BCUT2D eigenvalue weighted by molar-refractivity contribution is 7.92. The van der Waals surface area contributed by atoms with Crippen molar-refractivity contribution in [3.63, 3.8) is 0 Å². The zero-order valence-corrected chi connectivity index (χ0v) is 24.1. The molecule has 0 heterocycles. The van der Waals surface area contributed by atoms with Crippen LogP contribution in [-0.4, -0.2) is 57.1 Å². The van der Waals surface area contributed by atoms with Gasteiger partial charge in [-0.3, -0.25) is 13.9 Å². The van der Waals surface area contributed by atoms with Gasteiger partial charge in [0.25, 0.3) is 0 Å². The van der Waals surface area contributed by atoms with Crippen molar-refractivity contribution in [1.82, 2.24) is 10.2 Å². The number of carbonyl (C=O) groups is 2. The Labute approximate surface area is 237 Å². The minimum atomic E-state index is -4.84. The molecule has 0 aromatic heterocycles. The number of benzene rings is 2. The Kier molecular flexibility index (Phi) is 10.3. The van der Waals surface area contributed by atoms with Gasteiger partial charge in [0.05, 0.1) is 29.6 Å². The molecular formula is C27H33ClF3N3O5S. The van der Waals surface area contributed by atoms with Gasteiger partial charge in [-0.2, -0.15) is 13.2 Å². The molecule has 1 N–H and O–H groups in total. The molecule has 0 radical (unpaired) electrons. The molecule has 1 unspecified atom stereocenters.